The minimum atomic E-state index is -0.130. The molecule has 0 radical (unpaired) electrons. The van der Waals surface area contributed by atoms with Crippen LogP contribution in [0.1, 0.15) is 25.6 Å². The molecule has 0 aliphatic heterocycles. The zero-order valence-electron chi connectivity index (χ0n) is 9.03. The summed E-state index contributed by atoms with van der Waals surface area (Å²) >= 11 is 5.51. The topological polar surface area (TPSA) is 59.2 Å². The van der Waals surface area contributed by atoms with Crippen LogP contribution >= 0.6 is 11.6 Å². The predicted molar refractivity (Wildman–Crippen MR) is 55.4 cm³/mol. The lowest BCUT2D eigenvalue weighted by Gasteiger charge is -2.24. The van der Waals surface area contributed by atoms with E-state index < -0.39 is 0 Å². The van der Waals surface area contributed by atoms with E-state index in [1.165, 1.54) is 0 Å². The summed E-state index contributed by atoms with van der Waals surface area (Å²) in [6.07, 6.45) is 0. The zero-order valence-corrected chi connectivity index (χ0v) is 9.78. The van der Waals surface area contributed by atoms with Crippen LogP contribution < -0.4 is 0 Å². The lowest BCUT2D eigenvalue weighted by molar-refractivity contribution is -0.130. The van der Waals surface area contributed by atoms with Gasteiger partial charge in [-0.2, -0.15) is 4.98 Å². The van der Waals surface area contributed by atoms with Crippen molar-refractivity contribution in [3.63, 3.8) is 0 Å². The molecule has 0 aromatic carbocycles. The molecule has 1 aromatic heterocycles. The Morgan fingerprint density at radius 3 is 2.67 bits per heavy atom. The molecule has 1 amide bonds. The molecule has 0 aliphatic carbocycles. The Morgan fingerprint density at radius 1 is 1.60 bits per heavy atom. The van der Waals surface area contributed by atoms with Crippen LogP contribution in [-0.2, 0) is 11.3 Å². The minimum absolute atomic E-state index is 0.0327. The molecule has 0 spiro atoms. The van der Waals surface area contributed by atoms with Crippen molar-refractivity contribution in [3.8, 4) is 0 Å². The molecule has 5 nitrogen and oxygen atoms in total. The standard InChI is InChI=1S/C9H14ClN3O2/c1-6(2)13(9(14)4-10)5-8-11-7(3)15-12-8/h6H,4-5H2,1-3H3. The van der Waals surface area contributed by atoms with Gasteiger partial charge < -0.3 is 9.42 Å². The van der Waals surface area contributed by atoms with Crippen molar-refractivity contribution >= 4 is 17.5 Å². The van der Waals surface area contributed by atoms with E-state index >= 15 is 0 Å². The summed E-state index contributed by atoms with van der Waals surface area (Å²) in [5.74, 6) is 0.829. The van der Waals surface area contributed by atoms with Gasteiger partial charge in [-0.1, -0.05) is 5.16 Å². The maximum Gasteiger partial charge on any atom is 0.238 e. The van der Waals surface area contributed by atoms with Gasteiger partial charge in [-0.15, -0.1) is 11.6 Å². The first-order chi connectivity index (χ1) is 7.04. The van der Waals surface area contributed by atoms with Gasteiger partial charge in [-0.3, -0.25) is 4.79 Å². The molecular weight excluding hydrogens is 218 g/mol. The third-order valence-electron chi connectivity index (χ3n) is 1.94. The molecule has 6 heteroatoms. The molecular formula is C9H14ClN3O2. The highest BCUT2D eigenvalue weighted by Gasteiger charge is 2.18. The average molecular weight is 232 g/mol. The summed E-state index contributed by atoms with van der Waals surface area (Å²) in [7, 11) is 0. The van der Waals surface area contributed by atoms with Crippen LogP contribution in [0.3, 0.4) is 0 Å². The van der Waals surface area contributed by atoms with Crippen molar-refractivity contribution in [2.24, 2.45) is 0 Å². The van der Waals surface area contributed by atoms with E-state index in [2.05, 4.69) is 10.1 Å². The first-order valence-corrected chi connectivity index (χ1v) is 5.22. The number of rotatable bonds is 4. The first-order valence-electron chi connectivity index (χ1n) is 4.69. The molecule has 0 N–H and O–H groups in total. The Hall–Kier alpha value is -1.10. The average Bonchev–Trinajstić information content (AvgIpc) is 2.59. The van der Waals surface area contributed by atoms with Gasteiger partial charge in [0.15, 0.2) is 5.82 Å². The number of amides is 1. The third-order valence-corrected chi connectivity index (χ3v) is 2.17. The van der Waals surface area contributed by atoms with Gasteiger partial charge in [0.05, 0.1) is 6.54 Å². The van der Waals surface area contributed by atoms with Crippen LogP contribution in [0.15, 0.2) is 4.52 Å². The lowest BCUT2D eigenvalue weighted by atomic mass is 10.3. The summed E-state index contributed by atoms with van der Waals surface area (Å²) in [6.45, 7) is 5.87. The molecule has 1 rings (SSSR count). The molecule has 15 heavy (non-hydrogen) atoms. The Kier molecular flexibility index (Phi) is 4.08. The summed E-state index contributed by atoms with van der Waals surface area (Å²) in [4.78, 5) is 17.1. The number of halogens is 1. The lowest BCUT2D eigenvalue weighted by Crippen LogP contribution is -2.37. The van der Waals surface area contributed by atoms with E-state index in [0.717, 1.165) is 0 Å². The number of nitrogens with zero attached hydrogens (tertiary/aromatic N) is 3. The summed E-state index contributed by atoms with van der Waals surface area (Å²) in [5.41, 5.74) is 0. The van der Waals surface area contributed by atoms with Crippen molar-refractivity contribution < 1.29 is 9.32 Å². The highest BCUT2D eigenvalue weighted by molar-refractivity contribution is 6.27. The van der Waals surface area contributed by atoms with Gasteiger partial charge in [-0.25, -0.2) is 0 Å². The van der Waals surface area contributed by atoms with Crippen LogP contribution in [0.2, 0.25) is 0 Å². The number of carbonyl (C=O) groups excluding carboxylic acids is 1. The smallest absolute Gasteiger partial charge is 0.238 e. The SMILES string of the molecule is Cc1nc(CN(C(=O)CCl)C(C)C)no1. The van der Waals surface area contributed by atoms with Crippen molar-refractivity contribution in [2.75, 3.05) is 5.88 Å². The molecule has 84 valence electrons. The van der Waals surface area contributed by atoms with Crippen LogP contribution in [-0.4, -0.2) is 32.9 Å². The minimum Gasteiger partial charge on any atom is -0.340 e. The maximum atomic E-state index is 11.5. The summed E-state index contributed by atoms with van der Waals surface area (Å²) < 4.78 is 4.83. The van der Waals surface area contributed by atoms with E-state index in [9.17, 15) is 4.79 Å². The van der Waals surface area contributed by atoms with Crippen molar-refractivity contribution in [1.29, 1.82) is 0 Å². The van der Waals surface area contributed by atoms with Gasteiger partial charge in [0.1, 0.15) is 5.88 Å². The van der Waals surface area contributed by atoms with Gasteiger partial charge in [0.25, 0.3) is 0 Å². The Labute approximate surface area is 93.4 Å². The second-order valence-electron chi connectivity index (χ2n) is 3.48. The molecule has 1 heterocycles. The number of carbonyl (C=O) groups is 1. The normalized spacial score (nSPS) is 10.7. The van der Waals surface area contributed by atoms with E-state index in [1.807, 2.05) is 13.8 Å². The predicted octanol–water partition coefficient (Wildman–Crippen LogP) is 1.35. The van der Waals surface area contributed by atoms with E-state index in [1.54, 1.807) is 11.8 Å². The number of alkyl halides is 1. The number of aryl methyl sites for hydroxylation is 1. The van der Waals surface area contributed by atoms with Gasteiger partial charge in [0, 0.05) is 13.0 Å². The van der Waals surface area contributed by atoms with Crippen molar-refractivity contribution in [3.05, 3.63) is 11.7 Å². The van der Waals surface area contributed by atoms with Crippen LogP contribution in [0.4, 0.5) is 0 Å². The Balaban J connectivity index is 2.71. The molecule has 0 saturated carbocycles. The first kappa shape index (κ1) is 12.0. The number of hydrogen-bond acceptors (Lipinski definition) is 4. The van der Waals surface area contributed by atoms with E-state index in [-0.39, 0.29) is 17.8 Å². The Bertz CT molecular complexity index is 338. The van der Waals surface area contributed by atoms with Gasteiger partial charge >= 0.3 is 0 Å². The van der Waals surface area contributed by atoms with Crippen molar-refractivity contribution in [2.45, 2.75) is 33.4 Å². The van der Waals surface area contributed by atoms with Gasteiger partial charge in [0.2, 0.25) is 11.8 Å². The Morgan fingerprint density at radius 2 is 2.27 bits per heavy atom. The molecule has 0 aliphatic rings. The fourth-order valence-corrected chi connectivity index (χ4v) is 1.35. The largest absolute Gasteiger partial charge is 0.340 e. The van der Waals surface area contributed by atoms with Crippen LogP contribution in [0, 0.1) is 6.92 Å². The molecule has 0 saturated heterocycles. The monoisotopic (exact) mass is 231 g/mol. The second-order valence-corrected chi connectivity index (χ2v) is 3.75. The summed E-state index contributed by atoms with van der Waals surface area (Å²) in [5, 5.41) is 3.73. The highest BCUT2D eigenvalue weighted by atomic mass is 35.5. The van der Waals surface area contributed by atoms with Crippen LogP contribution in [0.25, 0.3) is 0 Å². The fourth-order valence-electron chi connectivity index (χ4n) is 1.19. The van der Waals surface area contributed by atoms with Crippen molar-refractivity contribution in [1.82, 2.24) is 15.0 Å². The third kappa shape index (κ3) is 3.20. The van der Waals surface area contributed by atoms with E-state index in [4.69, 9.17) is 16.1 Å². The highest BCUT2D eigenvalue weighted by Crippen LogP contribution is 2.06. The number of aromatic nitrogens is 2. The quantitative estimate of drug-likeness (QED) is 0.734. The maximum absolute atomic E-state index is 11.5. The molecule has 0 atom stereocenters. The molecule has 0 fully saturated rings. The molecule has 1 aromatic rings. The van der Waals surface area contributed by atoms with E-state index in [0.29, 0.717) is 18.3 Å². The molecule has 0 unspecified atom stereocenters. The fraction of sp³-hybridized carbons (Fsp3) is 0.667. The zero-order chi connectivity index (χ0) is 11.4. The van der Waals surface area contributed by atoms with Crippen LogP contribution in [0.5, 0.6) is 0 Å². The van der Waals surface area contributed by atoms with Gasteiger partial charge in [-0.05, 0) is 13.8 Å². The molecule has 0 bridgehead atoms. The summed E-state index contributed by atoms with van der Waals surface area (Å²) in [6, 6.07) is 0.0649. The second kappa shape index (κ2) is 5.11. The number of hydrogen-bond donors (Lipinski definition) is 0.